The van der Waals surface area contributed by atoms with Gasteiger partial charge in [-0.1, -0.05) is 0 Å². The Morgan fingerprint density at radius 2 is 2.11 bits per heavy atom. The number of rotatable bonds is 4. The first-order chi connectivity index (χ1) is 8.66. The van der Waals surface area contributed by atoms with Crippen LogP contribution in [-0.2, 0) is 4.74 Å². The lowest BCUT2D eigenvalue weighted by atomic mass is 10.0. The van der Waals surface area contributed by atoms with Crippen LogP contribution in [0.2, 0.25) is 0 Å². The van der Waals surface area contributed by atoms with Gasteiger partial charge in [-0.05, 0) is 30.9 Å². The van der Waals surface area contributed by atoms with E-state index in [1.807, 2.05) is 0 Å². The molecule has 0 aromatic heterocycles. The molecule has 1 aliphatic heterocycles. The maximum Gasteiger partial charge on any atom is 0.339 e. The van der Waals surface area contributed by atoms with Gasteiger partial charge >= 0.3 is 5.97 Å². The summed E-state index contributed by atoms with van der Waals surface area (Å²) in [4.78, 5) is 11.0. The molecule has 1 aromatic rings. The van der Waals surface area contributed by atoms with E-state index in [2.05, 4.69) is 0 Å². The number of hydrogen-bond donors (Lipinski definition) is 2. The largest absolute Gasteiger partial charge is 0.508 e. The molecule has 0 atom stereocenters. The van der Waals surface area contributed by atoms with Crippen LogP contribution in [0.15, 0.2) is 18.2 Å². The number of carbonyl (C=O) groups is 1. The topological polar surface area (TPSA) is 76.0 Å². The lowest BCUT2D eigenvalue weighted by molar-refractivity contribution is 0.0489. The van der Waals surface area contributed by atoms with Gasteiger partial charge in [0.1, 0.15) is 17.1 Å². The average Bonchev–Trinajstić information content (AvgIpc) is 2.37. The lowest BCUT2D eigenvalue weighted by Crippen LogP contribution is -2.21. The molecule has 5 nitrogen and oxygen atoms in total. The summed E-state index contributed by atoms with van der Waals surface area (Å²) in [5.74, 6) is -0.462. The number of phenols is 1. The summed E-state index contributed by atoms with van der Waals surface area (Å²) in [5.41, 5.74) is 0.0693. The number of benzene rings is 1. The van der Waals surface area contributed by atoms with Gasteiger partial charge in [-0.2, -0.15) is 0 Å². The van der Waals surface area contributed by atoms with Crippen molar-refractivity contribution in [3.05, 3.63) is 23.8 Å². The number of carboxylic acid groups (broad SMARTS) is 1. The molecule has 1 saturated heterocycles. The Bertz CT molecular complexity index is 423. The summed E-state index contributed by atoms with van der Waals surface area (Å²) in [5, 5.41) is 18.4. The summed E-state index contributed by atoms with van der Waals surface area (Å²) in [6, 6.07) is 4.02. The van der Waals surface area contributed by atoms with Gasteiger partial charge < -0.3 is 19.7 Å². The Hall–Kier alpha value is -1.75. The van der Waals surface area contributed by atoms with Crippen molar-refractivity contribution in [2.45, 2.75) is 12.8 Å². The van der Waals surface area contributed by atoms with Crippen LogP contribution in [0, 0.1) is 5.92 Å². The molecule has 5 heteroatoms. The second-order valence-electron chi connectivity index (χ2n) is 4.35. The third kappa shape index (κ3) is 3.13. The van der Waals surface area contributed by atoms with Crippen LogP contribution < -0.4 is 4.74 Å². The standard InChI is InChI=1S/C13H16O5/c14-10-1-2-11(13(15)16)12(7-10)18-8-9-3-5-17-6-4-9/h1-2,7,9,14H,3-6,8H2,(H,15,16). The molecule has 98 valence electrons. The van der Waals surface area contributed by atoms with Crippen LogP contribution >= 0.6 is 0 Å². The third-order valence-electron chi connectivity index (χ3n) is 3.01. The fraction of sp³-hybridized carbons (Fsp3) is 0.462. The number of hydrogen-bond acceptors (Lipinski definition) is 4. The van der Waals surface area contributed by atoms with Crippen LogP contribution in [0.4, 0.5) is 0 Å². The molecule has 0 unspecified atom stereocenters. The highest BCUT2D eigenvalue weighted by Gasteiger charge is 2.17. The van der Waals surface area contributed by atoms with Crippen molar-refractivity contribution in [3.63, 3.8) is 0 Å². The molecule has 0 radical (unpaired) electrons. The first-order valence-corrected chi connectivity index (χ1v) is 5.93. The highest BCUT2D eigenvalue weighted by molar-refractivity contribution is 5.91. The van der Waals surface area contributed by atoms with Gasteiger partial charge in [-0.3, -0.25) is 0 Å². The van der Waals surface area contributed by atoms with Crippen LogP contribution in [0.3, 0.4) is 0 Å². The van der Waals surface area contributed by atoms with Crippen molar-refractivity contribution in [2.24, 2.45) is 5.92 Å². The quantitative estimate of drug-likeness (QED) is 0.855. The molecule has 0 saturated carbocycles. The monoisotopic (exact) mass is 252 g/mol. The fourth-order valence-electron chi connectivity index (χ4n) is 1.93. The zero-order valence-electron chi connectivity index (χ0n) is 9.96. The highest BCUT2D eigenvalue weighted by Crippen LogP contribution is 2.25. The van der Waals surface area contributed by atoms with Crippen molar-refractivity contribution < 1.29 is 24.5 Å². The first-order valence-electron chi connectivity index (χ1n) is 5.93. The third-order valence-corrected chi connectivity index (χ3v) is 3.01. The van der Waals surface area contributed by atoms with Gasteiger partial charge in [0.25, 0.3) is 0 Å². The van der Waals surface area contributed by atoms with E-state index in [9.17, 15) is 9.90 Å². The average molecular weight is 252 g/mol. The molecule has 2 N–H and O–H groups in total. The number of ether oxygens (including phenoxy) is 2. The Balaban J connectivity index is 2.03. The van der Waals surface area contributed by atoms with E-state index >= 15 is 0 Å². The molecule has 1 aromatic carbocycles. The van der Waals surface area contributed by atoms with Gasteiger partial charge in [0.2, 0.25) is 0 Å². The van der Waals surface area contributed by atoms with Gasteiger partial charge in [-0.25, -0.2) is 4.79 Å². The molecule has 2 rings (SSSR count). The molecule has 1 fully saturated rings. The van der Waals surface area contributed by atoms with E-state index in [1.54, 1.807) is 0 Å². The zero-order chi connectivity index (χ0) is 13.0. The summed E-state index contributed by atoms with van der Waals surface area (Å²) < 4.78 is 10.8. The Kier molecular flexibility index (Phi) is 4.04. The smallest absolute Gasteiger partial charge is 0.339 e. The fourth-order valence-corrected chi connectivity index (χ4v) is 1.93. The molecule has 18 heavy (non-hydrogen) atoms. The second-order valence-corrected chi connectivity index (χ2v) is 4.35. The van der Waals surface area contributed by atoms with Gasteiger partial charge in [0, 0.05) is 19.3 Å². The van der Waals surface area contributed by atoms with E-state index in [-0.39, 0.29) is 17.1 Å². The number of carboxylic acids is 1. The predicted octanol–water partition coefficient (Wildman–Crippen LogP) is 1.90. The number of aromatic hydroxyl groups is 1. The molecule has 1 aliphatic rings. The molecule has 0 aliphatic carbocycles. The Labute approximate surface area is 105 Å². The first kappa shape index (κ1) is 12.7. The van der Waals surface area contributed by atoms with Crippen LogP contribution in [0.25, 0.3) is 0 Å². The maximum absolute atomic E-state index is 11.0. The van der Waals surface area contributed by atoms with E-state index in [0.717, 1.165) is 26.1 Å². The normalized spacial score (nSPS) is 16.4. The van der Waals surface area contributed by atoms with Crippen LogP contribution in [-0.4, -0.2) is 36.0 Å². The molecule has 0 bridgehead atoms. The summed E-state index contributed by atoms with van der Waals surface area (Å²) >= 11 is 0. The van der Waals surface area contributed by atoms with E-state index in [1.165, 1.54) is 18.2 Å². The minimum Gasteiger partial charge on any atom is -0.508 e. The molecule has 1 heterocycles. The maximum atomic E-state index is 11.0. The lowest BCUT2D eigenvalue weighted by Gasteiger charge is -2.22. The molecular formula is C13H16O5. The SMILES string of the molecule is O=C(O)c1ccc(O)cc1OCC1CCOCC1. The van der Waals surface area contributed by atoms with Gasteiger partial charge in [0.15, 0.2) is 0 Å². The Morgan fingerprint density at radius 1 is 1.39 bits per heavy atom. The summed E-state index contributed by atoms with van der Waals surface area (Å²) in [6.45, 7) is 1.90. The number of aromatic carboxylic acids is 1. The van der Waals surface area contributed by atoms with Crippen LogP contribution in [0.1, 0.15) is 23.2 Å². The molecular weight excluding hydrogens is 236 g/mol. The van der Waals surface area contributed by atoms with E-state index in [0.29, 0.717) is 12.5 Å². The minimum atomic E-state index is -1.06. The highest BCUT2D eigenvalue weighted by atomic mass is 16.5. The van der Waals surface area contributed by atoms with Crippen LogP contribution in [0.5, 0.6) is 11.5 Å². The van der Waals surface area contributed by atoms with Crippen molar-refractivity contribution in [3.8, 4) is 11.5 Å². The predicted molar refractivity (Wildman–Crippen MR) is 64.1 cm³/mol. The molecule has 0 spiro atoms. The molecule has 0 amide bonds. The second kappa shape index (κ2) is 5.73. The van der Waals surface area contributed by atoms with Gasteiger partial charge in [-0.15, -0.1) is 0 Å². The summed E-state index contributed by atoms with van der Waals surface area (Å²) in [7, 11) is 0. The van der Waals surface area contributed by atoms with E-state index in [4.69, 9.17) is 14.6 Å². The van der Waals surface area contributed by atoms with Gasteiger partial charge in [0.05, 0.1) is 6.61 Å². The Morgan fingerprint density at radius 3 is 2.78 bits per heavy atom. The van der Waals surface area contributed by atoms with Crippen molar-refractivity contribution >= 4 is 5.97 Å². The number of phenolic OH excluding ortho intramolecular Hbond substituents is 1. The van der Waals surface area contributed by atoms with E-state index < -0.39 is 5.97 Å². The van der Waals surface area contributed by atoms with Crippen molar-refractivity contribution in [1.82, 2.24) is 0 Å². The minimum absolute atomic E-state index is 0.00183. The van der Waals surface area contributed by atoms with Crippen molar-refractivity contribution in [1.29, 1.82) is 0 Å². The zero-order valence-corrected chi connectivity index (χ0v) is 9.96. The van der Waals surface area contributed by atoms with Crippen molar-refractivity contribution in [2.75, 3.05) is 19.8 Å². The summed E-state index contributed by atoms with van der Waals surface area (Å²) in [6.07, 6.45) is 1.84.